The van der Waals surface area contributed by atoms with Crippen molar-refractivity contribution in [1.82, 2.24) is 20.4 Å². The van der Waals surface area contributed by atoms with Gasteiger partial charge in [0.05, 0.1) is 18.8 Å². The molecule has 2 fully saturated rings. The van der Waals surface area contributed by atoms with E-state index >= 15 is 0 Å². The van der Waals surface area contributed by atoms with Crippen LogP contribution in [-0.2, 0) is 4.74 Å². The van der Waals surface area contributed by atoms with Crippen LogP contribution in [0.2, 0.25) is 0 Å². The average Bonchev–Trinajstić information content (AvgIpc) is 3.08. The first kappa shape index (κ1) is 13.9. The van der Waals surface area contributed by atoms with Crippen LogP contribution in [0.1, 0.15) is 43.6 Å². The van der Waals surface area contributed by atoms with Crippen molar-refractivity contribution in [1.29, 1.82) is 0 Å². The molecule has 3 atom stereocenters. The summed E-state index contributed by atoms with van der Waals surface area (Å²) in [5.74, 6) is 1.16. The van der Waals surface area contributed by atoms with Gasteiger partial charge in [-0.25, -0.2) is 0 Å². The van der Waals surface area contributed by atoms with Gasteiger partial charge in [-0.05, 0) is 19.4 Å². The smallest absolute Gasteiger partial charge is 0.243 e. The van der Waals surface area contributed by atoms with Gasteiger partial charge in [-0.2, -0.15) is 4.98 Å². The summed E-state index contributed by atoms with van der Waals surface area (Å²) >= 11 is 0. The number of aliphatic hydroxyl groups is 1. The molecule has 7 nitrogen and oxygen atoms in total. The van der Waals surface area contributed by atoms with E-state index in [4.69, 9.17) is 9.26 Å². The van der Waals surface area contributed by atoms with Gasteiger partial charge in [-0.1, -0.05) is 12.1 Å². The minimum absolute atomic E-state index is 0.0402. The maximum atomic E-state index is 9.53. The van der Waals surface area contributed by atoms with Gasteiger partial charge >= 0.3 is 0 Å². The van der Waals surface area contributed by atoms with Gasteiger partial charge < -0.3 is 19.7 Å². The van der Waals surface area contributed by atoms with Gasteiger partial charge in [0.15, 0.2) is 0 Å². The Morgan fingerprint density at radius 3 is 3.15 bits per heavy atom. The molecule has 0 radical (unpaired) electrons. The Morgan fingerprint density at radius 2 is 2.40 bits per heavy atom. The van der Waals surface area contributed by atoms with Gasteiger partial charge in [0.2, 0.25) is 11.7 Å². The van der Waals surface area contributed by atoms with E-state index in [-0.39, 0.29) is 18.2 Å². The summed E-state index contributed by atoms with van der Waals surface area (Å²) in [6, 6.07) is -0.0402. The highest BCUT2D eigenvalue weighted by Crippen LogP contribution is 2.25. The summed E-state index contributed by atoms with van der Waals surface area (Å²) in [5.41, 5.74) is 0. The minimum Gasteiger partial charge on any atom is -0.392 e. The molecule has 7 heteroatoms. The highest BCUT2D eigenvalue weighted by molar-refractivity contribution is 5.00. The van der Waals surface area contributed by atoms with Gasteiger partial charge in [0, 0.05) is 19.6 Å². The van der Waals surface area contributed by atoms with E-state index in [1.165, 1.54) is 0 Å². The Morgan fingerprint density at radius 1 is 1.50 bits per heavy atom. The highest BCUT2D eigenvalue weighted by Gasteiger charge is 2.31. The van der Waals surface area contributed by atoms with Crippen LogP contribution >= 0.6 is 0 Å². The first-order valence-electron chi connectivity index (χ1n) is 7.35. The third kappa shape index (κ3) is 3.01. The molecule has 1 unspecified atom stereocenters. The van der Waals surface area contributed by atoms with Crippen LogP contribution in [0.3, 0.4) is 0 Å². The van der Waals surface area contributed by atoms with Crippen LogP contribution in [0.15, 0.2) is 4.52 Å². The molecular weight excluding hydrogens is 260 g/mol. The van der Waals surface area contributed by atoms with Crippen molar-refractivity contribution in [3.63, 3.8) is 0 Å². The lowest BCUT2D eigenvalue weighted by molar-refractivity contribution is -0.0350. The number of nitrogens with one attached hydrogen (secondary N) is 1. The summed E-state index contributed by atoms with van der Waals surface area (Å²) in [6.45, 7) is 6.30. The van der Waals surface area contributed by atoms with Crippen molar-refractivity contribution in [3.8, 4) is 0 Å². The number of morpholine rings is 1. The van der Waals surface area contributed by atoms with E-state index in [9.17, 15) is 5.11 Å². The second-order valence-electron chi connectivity index (χ2n) is 5.50. The molecule has 2 aliphatic rings. The summed E-state index contributed by atoms with van der Waals surface area (Å²) in [4.78, 5) is 6.80. The number of hydrogen-bond donors (Lipinski definition) is 2. The highest BCUT2D eigenvalue weighted by atomic mass is 16.5. The lowest BCUT2D eigenvalue weighted by Gasteiger charge is -2.30. The SMILES string of the molecule is CCCN1CCOC(c2noc([C@@H]3C[C@H](O)CN3)n2)C1. The zero-order valence-electron chi connectivity index (χ0n) is 11.8. The molecule has 0 saturated carbocycles. The third-order valence-corrected chi connectivity index (χ3v) is 3.84. The third-order valence-electron chi connectivity index (χ3n) is 3.84. The number of nitrogens with zero attached hydrogens (tertiary/aromatic N) is 3. The van der Waals surface area contributed by atoms with Gasteiger partial charge in [-0.3, -0.25) is 4.90 Å². The van der Waals surface area contributed by atoms with Crippen LogP contribution < -0.4 is 5.32 Å². The van der Waals surface area contributed by atoms with E-state index in [0.717, 1.165) is 26.1 Å². The molecule has 2 N–H and O–H groups in total. The molecule has 3 rings (SSSR count). The molecule has 3 heterocycles. The van der Waals surface area contributed by atoms with Crippen molar-refractivity contribution in [2.75, 3.05) is 32.8 Å². The Bertz CT molecular complexity index is 437. The molecule has 0 bridgehead atoms. The maximum Gasteiger partial charge on any atom is 0.243 e. The Hall–Kier alpha value is -1.02. The van der Waals surface area contributed by atoms with E-state index in [2.05, 4.69) is 27.3 Å². The Kier molecular flexibility index (Phi) is 4.30. The average molecular weight is 282 g/mol. The first-order chi connectivity index (χ1) is 9.76. The second-order valence-corrected chi connectivity index (χ2v) is 5.50. The minimum atomic E-state index is -0.332. The van der Waals surface area contributed by atoms with Crippen molar-refractivity contribution >= 4 is 0 Å². The fourth-order valence-electron chi connectivity index (χ4n) is 2.80. The molecule has 0 amide bonds. The number of hydrogen-bond acceptors (Lipinski definition) is 7. The predicted octanol–water partition coefficient (Wildman–Crippen LogP) is 0.248. The number of rotatable bonds is 4. The number of aliphatic hydroxyl groups excluding tert-OH is 1. The van der Waals surface area contributed by atoms with Crippen LogP contribution in [0, 0.1) is 0 Å². The molecule has 0 aliphatic carbocycles. The quantitative estimate of drug-likeness (QED) is 0.819. The Labute approximate surface area is 118 Å². The topological polar surface area (TPSA) is 83.7 Å². The summed E-state index contributed by atoms with van der Waals surface area (Å²) < 4.78 is 11.1. The first-order valence-corrected chi connectivity index (χ1v) is 7.35. The van der Waals surface area contributed by atoms with Crippen LogP contribution in [-0.4, -0.2) is 59.0 Å². The van der Waals surface area contributed by atoms with E-state index in [1.807, 2.05) is 0 Å². The number of β-amino-alcohol motifs (C(OH)–C–C–N with tert-alkyl or cyclic N) is 1. The molecule has 0 spiro atoms. The molecular formula is C13H22N4O3. The largest absolute Gasteiger partial charge is 0.392 e. The van der Waals surface area contributed by atoms with Crippen LogP contribution in [0.25, 0.3) is 0 Å². The maximum absolute atomic E-state index is 9.53. The van der Waals surface area contributed by atoms with Crippen molar-refractivity contribution in [2.24, 2.45) is 0 Å². The van der Waals surface area contributed by atoms with E-state index < -0.39 is 0 Å². The molecule has 1 aromatic rings. The second kappa shape index (κ2) is 6.17. The summed E-state index contributed by atoms with van der Waals surface area (Å²) in [5, 5.41) is 16.7. The summed E-state index contributed by atoms with van der Waals surface area (Å²) in [7, 11) is 0. The van der Waals surface area contributed by atoms with Gasteiger partial charge in [-0.15, -0.1) is 0 Å². The monoisotopic (exact) mass is 282 g/mol. The molecule has 2 aliphatic heterocycles. The molecule has 2 saturated heterocycles. The van der Waals surface area contributed by atoms with Gasteiger partial charge in [0.1, 0.15) is 6.10 Å². The molecule has 0 aromatic carbocycles. The van der Waals surface area contributed by atoms with Crippen LogP contribution in [0.5, 0.6) is 0 Å². The molecule has 20 heavy (non-hydrogen) atoms. The predicted molar refractivity (Wildman–Crippen MR) is 71.1 cm³/mol. The summed E-state index contributed by atoms with van der Waals surface area (Å²) in [6.07, 6.45) is 1.31. The van der Waals surface area contributed by atoms with Crippen molar-refractivity contribution < 1.29 is 14.4 Å². The van der Waals surface area contributed by atoms with Crippen LogP contribution in [0.4, 0.5) is 0 Å². The lowest BCUT2D eigenvalue weighted by atomic mass is 10.2. The zero-order chi connectivity index (χ0) is 13.9. The van der Waals surface area contributed by atoms with Crippen molar-refractivity contribution in [2.45, 2.75) is 38.0 Å². The standard InChI is InChI=1S/C13H22N4O3/c1-2-3-17-4-5-19-11(8-17)12-15-13(20-16-12)10-6-9(18)7-14-10/h9-11,14,18H,2-8H2,1H3/t9-,10-,11?/m0/s1. The normalized spacial score (nSPS) is 31.8. The molecule has 112 valence electrons. The fourth-order valence-corrected chi connectivity index (χ4v) is 2.80. The van der Waals surface area contributed by atoms with E-state index in [1.54, 1.807) is 0 Å². The van der Waals surface area contributed by atoms with Crippen molar-refractivity contribution in [3.05, 3.63) is 11.7 Å². The van der Waals surface area contributed by atoms with E-state index in [0.29, 0.717) is 31.3 Å². The number of ether oxygens (including phenoxy) is 1. The Balaban J connectivity index is 1.64. The van der Waals surface area contributed by atoms with Gasteiger partial charge in [0.25, 0.3) is 0 Å². The zero-order valence-corrected chi connectivity index (χ0v) is 11.8. The fraction of sp³-hybridized carbons (Fsp3) is 0.846. The lowest BCUT2D eigenvalue weighted by Crippen LogP contribution is -2.39. The number of aromatic nitrogens is 2. The molecule has 1 aromatic heterocycles.